The molecule has 0 aliphatic carbocycles. The van der Waals surface area contributed by atoms with E-state index >= 15 is 0 Å². The number of hydrogen-bond donors (Lipinski definition) is 2. The Balaban J connectivity index is 1.71. The van der Waals surface area contributed by atoms with Crippen LogP contribution >= 0.6 is 0 Å². The highest BCUT2D eigenvalue weighted by atomic mass is 16.2. The molecule has 1 saturated heterocycles. The van der Waals surface area contributed by atoms with Gasteiger partial charge in [-0.2, -0.15) is 5.26 Å². The summed E-state index contributed by atoms with van der Waals surface area (Å²) in [6.07, 6.45) is 3.22. The second-order valence-electron chi connectivity index (χ2n) is 7.35. The maximum Gasteiger partial charge on any atom is 0.251 e. The lowest BCUT2D eigenvalue weighted by molar-refractivity contribution is -0.125. The molecule has 150 valence electrons. The van der Waals surface area contributed by atoms with E-state index in [4.69, 9.17) is 5.73 Å². The normalized spacial score (nSPS) is 17.9. The fourth-order valence-electron chi connectivity index (χ4n) is 3.88. The van der Waals surface area contributed by atoms with E-state index in [9.17, 15) is 14.9 Å². The van der Waals surface area contributed by atoms with Gasteiger partial charge in [-0.15, -0.1) is 0 Å². The SMILES string of the molecule is CNC(=O)c1ccc(-c2ccc(C[C@@H](C#N)N3CCCCC3C(N)=O)cc2)cc1. The van der Waals surface area contributed by atoms with E-state index < -0.39 is 0 Å². The number of nitrogens with zero attached hydrogens (tertiary/aromatic N) is 2. The third-order valence-electron chi connectivity index (χ3n) is 5.51. The molecule has 0 radical (unpaired) electrons. The van der Waals surface area contributed by atoms with Crippen LogP contribution in [0.25, 0.3) is 11.1 Å². The highest BCUT2D eigenvalue weighted by molar-refractivity contribution is 5.94. The van der Waals surface area contributed by atoms with Gasteiger partial charge in [0.05, 0.1) is 12.1 Å². The van der Waals surface area contributed by atoms with Gasteiger partial charge in [0.2, 0.25) is 5.91 Å². The van der Waals surface area contributed by atoms with Gasteiger partial charge in [0.1, 0.15) is 6.04 Å². The summed E-state index contributed by atoms with van der Waals surface area (Å²) in [5, 5.41) is 12.3. The molecule has 1 unspecified atom stereocenters. The van der Waals surface area contributed by atoms with Gasteiger partial charge in [0.25, 0.3) is 5.91 Å². The average Bonchev–Trinajstić information content (AvgIpc) is 2.77. The number of nitriles is 1. The van der Waals surface area contributed by atoms with Crippen molar-refractivity contribution in [1.29, 1.82) is 5.26 Å². The van der Waals surface area contributed by atoms with Crippen molar-refractivity contribution in [2.75, 3.05) is 13.6 Å². The lowest BCUT2D eigenvalue weighted by Gasteiger charge is -2.36. The van der Waals surface area contributed by atoms with Crippen molar-refractivity contribution in [3.05, 3.63) is 59.7 Å². The lowest BCUT2D eigenvalue weighted by atomic mass is 9.95. The summed E-state index contributed by atoms with van der Waals surface area (Å²) >= 11 is 0. The summed E-state index contributed by atoms with van der Waals surface area (Å²) in [5.74, 6) is -0.457. The molecule has 0 aromatic heterocycles. The Kier molecular flexibility index (Phi) is 6.63. The highest BCUT2D eigenvalue weighted by Gasteiger charge is 2.32. The Morgan fingerprint density at radius 2 is 1.76 bits per heavy atom. The van der Waals surface area contributed by atoms with Crippen LogP contribution in [-0.4, -0.2) is 42.4 Å². The van der Waals surface area contributed by atoms with E-state index in [1.807, 2.05) is 41.3 Å². The van der Waals surface area contributed by atoms with E-state index in [2.05, 4.69) is 11.4 Å². The first kappa shape index (κ1) is 20.6. The molecule has 1 aliphatic heterocycles. The van der Waals surface area contributed by atoms with Crippen molar-refractivity contribution in [3.63, 3.8) is 0 Å². The van der Waals surface area contributed by atoms with Gasteiger partial charge in [0.15, 0.2) is 0 Å². The molecule has 1 fully saturated rings. The number of amides is 2. The molecule has 6 nitrogen and oxygen atoms in total. The van der Waals surface area contributed by atoms with Gasteiger partial charge in [-0.1, -0.05) is 42.8 Å². The zero-order valence-corrected chi connectivity index (χ0v) is 16.6. The van der Waals surface area contributed by atoms with Crippen molar-refractivity contribution >= 4 is 11.8 Å². The molecule has 1 heterocycles. The molecule has 3 rings (SSSR count). The van der Waals surface area contributed by atoms with Gasteiger partial charge in [-0.3, -0.25) is 14.5 Å². The fraction of sp³-hybridized carbons (Fsp3) is 0.348. The standard InChI is InChI=1S/C23H26N4O2/c1-26-23(29)19-11-9-18(10-12-19)17-7-5-16(6-8-17)14-20(15-24)27-13-3-2-4-21(27)22(25)28/h5-12,20-21H,2-4,13-14H2,1H3,(H2,25,28)(H,26,29)/t20-,21?/m0/s1. The van der Waals surface area contributed by atoms with Gasteiger partial charge in [0, 0.05) is 25.6 Å². The molecule has 0 bridgehead atoms. The summed E-state index contributed by atoms with van der Waals surface area (Å²) in [6, 6.07) is 17.1. The Labute approximate surface area is 171 Å². The topological polar surface area (TPSA) is 99.2 Å². The second-order valence-corrected chi connectivity index (χ2v) is 7.35. The van der Waals surface area contributed by atoms with Crippen LogP contribution in [0.5, 0.6) is 0 Å². The van der Waals surface area contributed by atoms with Gasteiger partial charge in [-0.25, -0.2) is 0 Å². The van der Waals surface area contributed by atoms with E-state index in [0.717, 1.165) is 42.5 Å². The third kappa shape index (κ3) is 4.82. The minimum atomic E-state index is -0.370. The summed E-state index contributed by atoms with van der Waals surface area (Å²) in [6.45, 7) is 0.724. The number of hydrogen-bond acceptors (Lipinski definition) is 4. The number of piperidine rings is 1. The molecule has 2 amide bonds. The molecule has 3 N–H and O–H groups in total. The van der Waals surface area contributed by atoms with E-state index in [1.54, 1.807) is 19.2 Å². The molecule has 2 aromatic rings. The number of rotatable bonds is 6. The van der Waals surface area contributed by atoms with E-state index in [0.29, 0.717) is 12.0 Å². The summed E-state index contributed by atoms with van der Waals surface area (Å²) in [7, 11) is 1.61. The predicted molar refractivity (Wildman–Crippen MR) is 112 cm³/mol. The number of carbonyl (C=O) groups excluding carboxylic acids is 2. The average molecular weight is 390 g/mol. The Hall–Kier alpha value is -3.17. The Morgan fingerprint density at radius 3 is 2.31 bits per heavy atom. The minimum Gasteiger partial charge on any atom is -0.368 e. The number of carbonyl (C=O) groups is 2. The Bertz CT molecular complexity index is 900. The molecule has 6 heteroatoms. The number of nitrogens with two attached hydrogens (primary N) is 1. The maximum absolute atomic E-state index is 11.8. The third-order valence-corrected chi connectivity index (χ3v) is 5.51. The summed E-state index contributed by atoms with van der Waals surface area (Å²) < 4.78 is 0. The number of benzene rings is 2. The molecule has 1 aliphatic rings. The highest BCUT2D eigenvalue weighted by Crippen LogP contribution is 2.24. The smallest absolute Gasteiger partial charge is 0.251 e. The number of nitrogens with one attached hydrogen (secondary N) is 1. The molecule has 2 aromatic carbocycles. The van der Waals surface area contributed by atoms with Crippen LogP contribution in [0, 0.1) is 11.3 Å². The molecule has 2 atom stereocenters. The van der Waals surface area contributed by atoms with Crippen LogP contribution < -0.4 is 11.1 Å². The number of primary amides is 1. The lowest BCUT2D eigenvalue weighted by Crippen LogP contribution is -2.52. The monoisotopic (exact) mass is 390 g/mol. The van der Waals surface area contributed by atoms with Gasteiger partial charge in [-0.05, 0) is 41.7 Å². The molecular weight excluding hydrogens is 364 g/mol. The van der Waals surface area contributed by atoms with Crippen molar-refractivity contribution in [2.45, 2.75) is 37.8 Å². The van der Waals surface area contributed by atoms with Crippen LogP contribution in [0.1, 0.15) is 35.2 Å². The van der Waals surface area contributed by atoms with Crippen LogP contribution in [0.15, 0.2) is 48.5 Å². The molecule has 0 saturated carbocycles. The van der Waals surface area contributed by atoms with Crippen LogP contribution in [0.4, 0.5) is 0 Å². The second kappa shape index (κ2) is 9.35. The minimum absolute atomic E-state index is 0.110. The Morgan fingerprint density at radius 1 is 1.14 bits per heavy atom. The predicted octanol–water partition coefficient (Wildman–Crippen LogP) is 2.49. The van der Waals surface area contributed by atoms with E-state index in [-0.39, 0.29) is 23.9 Å². The van der Waals surface area contributed by atoms with Crippen LogP contribution in [-0.2, 0) is 11.2 Å². The number of likely N-dealkylation sites (tertiary alicyclic amines) is 1. The maximum atomic E-state index is 11.8. The first-order valence-electron chi connectivity index (χ1n) is 9.89. The van der Waals surface area contributed by atoms with Crippen molar-refractivity contribution in [1.82, 2.24) is 10.2 Å². The largest absolute Gasteiger partial charge is 0.368 e. The first-order chi connectivity index (χ1) is 14.0. The summed E-state index contributed by atoms with van der Waals surface area (Å²) in [5.41, 5.74) is 9.27. The molecular formula is C23H26N4O2. The fourth-order valence-corrected chi connectivity index (χ4v) is 3.88. The molecule has 0 spiro atoms. The van der Waals surface area contributed by atoms with Crippen molar-refractivity contribution in [2.24, 2.45) is 5.73 Å². The van der Waals surface area contributed by atoms with Crippen molar-refractivity contribution in [3.8, 4) is 17.2 Å². The molecule has 29 heavy (non-hydrogen) atoms. The van der Waals surface area contributed by atoms with Crippen LogP contribution in [0.2, 0.25) is 0 Å². The van der Waals surface area contributed by atoms with Crippen molar-refractivity contribution < 1.29 is 9.59 Å². The summed E-state index contributed by atoms with van der Waals surface area (Å²) in [4.78, 5) is 25.4. The quantitative estimate of drug-likeness (QED) is 0.791. The van der Waals surface area contributed by atoms with Gasteiger partial charge < -0.3 is 11.1 Å². The first-order valence-corrected chi connectivity index (χ1v) is 9.89. The zero-order chi connectivity index (χ0) is 20.8. The zero-order valence-electron chi connectivity index (χ0n) is 16.6. The van der Waals surface area contributed by atoms with Crippen LogP contribution in [0.3, 0.4) is 0 Å². The van der Waals surface area contributed by atoms with Gasteiger partial charge >= 0.3 is 0 Å². The van der Waals surface area contributed by atoms with E-state index in [1.165, 1.54) is 0 Å².